The number of nitriles is 1. The molecule has 0 spiro atoms. The van der Waals surface area contributed by atoms with Crippen LogP contribution in [-0.4, -0.2) is 19.4 Å². The predicted octanol–water partition coefficient (Wildman–Crippen LogP) is 1.38. The maximum atomic E-state index is 11.2. The molecular weight excluding hydrogens is 170 g/mol. The summed E-state index contributed by atoms with van der Waals surface area (Å²) in [5, 5.41) is 8.60. The third-order valence-electron chi connectivity index (χ3n) is 1.42. The monoisotopic (exact) mass is 183 g/mol. The summed E-state index contributed by atoms with van der Waals surface area (Å²) in [7, 11) is 1.42. The molecule has 0 aliphatic heterocycles. The van der Waals surface area contributed by atoms with Crippen molar-refractivity contribution < 1.29 is 14.3 Å². The number of hydrogen-bond acceptors (Lipinski definition) is 4. The fraction of sp³-hybridized carbons (Fsp3) is 0.556. The predicted molar refractivity (Wildman–Crippen MR) is 46.6 cm³/mol. The molecule has 72 valence electrons. The zero-order valence-corrected chi connectivity index (χ0v) is 8.25. The molecular formula is C9H13NO3. The molecule has 4 heteroatoms. The van der Waals surface area contributed by atoms with Gasteiger partial charge in [0.2, 0.25) is 0 Å². The summed E-state index contributed by atoms with van der Waals surface area (Å²) >= 11 is 0. The van der Waals surface area contributed by atoms with E-state index in [1.54, 1.807) is 26.8 Å². The Hall–Kier alpha value is -1.34. The fourth-order valence-electron chi connectivity index (χ4n) is 0.619. The molecule has 0 N–H and O–H groups in total. The molecule has 0 saturated heterocycles. The van der Waals surface area contributed by atoms with E-state index >= 15 is 0 Å². The molecule has 4 nitrogen and oxygen atoms in total. The first kappa shape index (κ1) is 11.7. The normalized spacial score (nSPS) is 11.3. The molecule has 0 bridgehead atoms. The maximum Gasteiger partial charge on any atom is 0.351 e. The number of nitrogens with zero attached hydrogens (tertiary/aromatic N) is 1. The van der Waals surface area contributed by atoms with Crippen LogP contribution in [0, 0.1) is 11.3 Å². The lowest BCUT2D eigenvalue weighted by molar-refractivity contribution is -0.164. The Bertz CT molecular complexity index is 259. The third-order valence-corrected chi connectivity index (χ3v) is 1.42. The van der Waals surface area contributed by atoms with Gasteiger partial charge in [-0.15, -0.1) is 0 Å². The number of methoxy groups -OCH3 is 1. The van der Waals surface area contributed by atoms with E-state index < -0.39 is 12.3 Å². The Morgan fingerprint density at radius 2 is 2.00 bits per heavy atom. The zero-order valence-electron chi connectivity index (χ0n) is 8.25. The van der Waals surface area contributed by atoms with Crippen LogP contribution in [0.5, 0.6) is 0 Å². The summed E-state index contributed by atoms with van der Waals surface area (Å²) in [6, 6.07) is 1.78. The summed E-state index contributed by atoms with van der Waals surface area (Å²) in [4.78, 5) is 11.2. The van der Waals surface area contributed by atoms with Crippen LogP contribution in [0.1, 0.15) is 20.8 Å². The van der Waals surface area contributed by atoms with Gasteiger partial charge in [0.1, 0.15) is 11.6 Å². The highest BCUT2D eigenvalue weighted by molar-refractivity contribution is 5.93. The van der Waals surface area contributed by atoms with Crippen molar-refractivity contribution in [1.29, 1.82) is 5.26 Å². The Morgan fingerprint density at radius 1 is 1.46 bits per heavy atom. The van der Waals surface area contributed by atoms with E-state index in [-0.39, 0.29) is 5.57 Å². The van der Waals surface area contributed by atoms with Gasteiger partial charge in [0.05, 0.1) is 0 Å². The van der Waals surface area contributed by atoms with E-state index in [0.717, 1.165) is 0 Å². The Balaban J connectivity index is 4.45. The Labute approximate surface area is 77.8 Å². The summed E-state index contributed by atoms with van der Waals surface area (Å²) in [6.07, 6.45) is -0.629. The molecule has 0 radical (unpaired) electrons. The first-order valence-electron chi connectivity index (χ1n) is 3.84. The van der Waals surface area contributed by atoms with Crippen LogP contribution in [0.3, 0.4) is 0 Å². The van der Waals surface area contributed by atoms with E-state index in [1.165, 1.54) is 7.11 Å². The standard InChI is InChI=1S/C9H13NO3/c1-6(2)8(5-10)9(11)13-7(3)12-4/h7H,1-4H3. The highest BCUT2D eigenvalue weighted by atomic mass is 16.7. The van der Waals surface area contributed by atoms with Crippen molar-refractivity contribution in [2.75, 3.05) is 7.11 Å². The molecule has 1 unspecified atom stereocenters. The number of allylic oxidation sites excluding steroid dienone is 1. The molecule has 0 heterocycles. The molecule has 0 aromatic rings. The van der Waals surface area contributed by atoms with Crippen LogP contribution in [-0.2, 0) is 14.3 Å². The molecule has 0 aliphatic carbocycles. The van der Waals surface area contributed by atoms with Crippen molar-refractivity contribution in [3.8, 4) is 6.07 Å². The van der Waals surface area contributed by atoms with Crippen LogP contribution >= 0.6 is 0 Å². The molecule has 0 aromatic heterocycles. The van der Waals surface area contributed by atoms with Gasteiger partial charge in [-0.1, -0.05) is 5.57 Å². The minimum atomic E-state index is -0.642. The van der Waals surface area contributed by atoms with Crippen LogP contribution < -0.4 is 0 Å². The molecule has 0 fully saturated rings. The van der Waals surface area contributed by atoms with Gasteiger partial charge in [-0.3, -0.25) is 0 Å². The van der Waals surface area contributed by atoms with Crippen molar-refractivity contribution >= 4 is 5.97 Å². The first-order chi connectivity index (χ1) is 6.02. The number of ether oxygens (including phenoxy) is 2. The van der Waals surface area contributed by atoms with Gasteiger partial charge in [-0.05, 0) is 20.8 Å². The minimum Gasteiger partial charge on any atom is -0.432 e. The van der Waals surface area contributed by atoms with E-state index in [0.29, 0.717) is 5.57 Å². The lowest BCUT2D eigenvalue weighted by Gasteiger charge is -2.10. The summed E-state index contributed by atoms with van der Waals surface area (Å²) < 4.78 is 9.49. The van der Waals surface area contributed by atoms with Gasteiger partial charge in [0.25, 0.3) is 0 Å². The van der Waals surface area contributed by atoms with Crippen LogP contribution in [0.15, 0.2) is 11.1 Å². The third kappa shape index (κ3) is 3.72. The van der Waals surface area contributed by atoms with Gasteiger partial charge in [-0.2, -0.15) is 5.26 Å². The fourth-order valence-corrected chi connectivity index (χ4v) is 0.619. The smallest absolute Gasteiger partial charge is 0.351 e. The topological polar surface area (TPSA) is 59.3 Å². The number of esters is 1. The second kappa shape index (κ2) is 5.33. The van der Waals surface area contributed by atoms with E-state index in [2.05, 4.69) is 0 Å². The largest absolute Gasteiger partial charge is 0.432 e. The van der Waals surface area contributed by atoms with Gasteiger partial charge >= 0.3 is 5.97 Å². The number of rotatable bonds is 3. The first-order valence-corrected chi connectivity index (χ1v) is 3.84. The summed E-state index contributed by atoms with van der Waals surface area (Å²) in [5.41, 5.74) is 0.666. The molecule has 13 heavy (non-hydrogen) atoms. The van der Waals surface area contributed by atoms with Crippen molar-refractivity contribution in [3.05, 3.63) is 11.1 Å². The Kier molecular flexibility index (Phi) is 4.78. The zero-order chi connectivity index (χ0) is 10.4. The van der Waals surface area contributed by atoms with Gasteiger partial charge in [-0.25, -0.2) is 4.79 Å². The Morgan fingerprint density at radius 3 is 2.31 bits per heavy atom. The van der Waals surface area contributed by atoms with E-state index in [9.17, 15) is 4.79 Å². The molecule has 0 rings (SSSR count). The van der Waals surface area contributed by atoms with Crippen molar-refractivity contribution in [1.82, 2.24) is 0 Å². The van der Waals surface area contributed by atoms with Gasteiger partial charge in [0, 0.05) is 7.11 Å². The number of hydrogen-bond donors (Lipinski definition) is 0. The second-order valence-electron chi connectivity index (χ2n) is 2.70. The highest BCUT2D eigenvalue weighted by Gasteiger charge is 2.14. The minimum absolute atomic E-state index is 0.0314. The van der Waals surface area contributed by atoms with Crippen molar-refractivity contribution in [3.63, 3.8) is 0 Å². The van der Waals surface area contributed by atoms with Crippen LogP contribution in [0.4, 0.5) is 0 Å². The van der Waals surface area contributed by atoms with Gasteiger partial charge in [0.15, 0.2) is 6.29 Å². The molecule has 0 amide bonds. The quantitative estimate of drug-likeness (QED) is 0.287. The van der Waals surface area contributed by atoms with Crippen molar-refractivity contribution in [2.24, 2.45) is 0 Å². The number of carbonyl (C=O) groups is 1. The number of carbonyl (C=O) groups excluding carboxylic acids is 1. The van der Waals surface area contributed by atoms with Gasteiger partial charge < -0.3 is 9.47 Å². The second-order valence-corrected chi connectivity index (χ2v) is 2.70. The van der Waals surface area contributed by atoms with E-state index in [1.807, 2.05) is 0 Å². The highest BCUT2D eigenvalue weighted by Crippen LogP contribution is 2.06. The lowest BCUT2D eigenvalue weighted by Crippen LogP contribution is -2.18. The SMILES string of the molecule is COC(C)OC(=O)C(C#N)=C(C)C. The summed E-state index contributed by atoms with van der Waals surface area (Å²) in [6.45, 7) is 4.94. The summed E-state index contributed by atoms with van der Waals surface area (Å²) in [5.74, 6) is -0.642. The molecule has 0 aliphatic rings. The molecule has 0 aromatic carbocycles. The van der Waals surface area contributed by atoms with Crippen molar-refractivity contribution in [2.45, 2.75) is 27.1 Å². The average molecular weight is 183 g/mol. The van der Waals surface area contributed by atoms with Crippen LogP contribution in [0.2, 0.25) is 0 Å². The average Bonchev–Trinajstić information content (AvgIpc) is 2.04. The molecule has 1 atom stereocenters. The molecule has 0 saturated carbocycles. The maximum absolute atomic E-state index is 11.2. The van der Waals surface area contributed by atoms with E-state index in [4.69, 9.17) is 14.7 Å². The van der Waals surface area contributed by atoms with Crippen LogP contribution in [0.25, 0.3) is 0 Å². The lowest BCUT2D eigenvalue weighted by atomic mass is 10.2.